The number of aliphatic hydroxyl groups is 2. The summed E-state index contributed by atoms with van der Waals surface area (Å²) in [6.07, 6.45) is 11.8. The minimum atomic E-state index is -1.13. The van der Waals surface area contributed by atoms with Crippen LogP contribution in [0.2, 0.25) is 0 Å². The molecule has 4 aliphatic rings. The number of allylic oxidation sites excluding steroid dienone is 1. The summed E-state index contributed by atoms with van der Waals surface area (Å²) in [6.45, 7) is 5.16. The van der Waals surface area contributed by atoms with Crippen molar-refractivity contribution < 1.29 is 38.9 Å². The van der Waals surface area contributed by atoms with Gasteiger partial charge in [-0.3, -0.25) is 10.1 Å². The van der Waals surface area contributed by atoms with E-state index in [1.165, 1.54) is 12.1 Å². The van der Waals surface area contributed by atoms with Gasteiger partial charge in [0.15, 0.2) is 0 Å². The Morgan fingerprint density at radius 2 is 1.79 bits per heavy atom. The van der Waals surface area contributed by atoms with Crippen LogP contribution in [0.3, 0.4) is 0 Å². The monoisotopic (exact) mass is 784 g/mol. The van der Waals surface area contributed by atoms with Gasteiger partial charge in [0.1, 0.15) is 17.2 Å². The topological polar surface area (TPSA) is 142 Å². The number of nitro benzene ring substituents is 1. The summed E-state index contributed by atoms with van der Waals surface area (Å²) in [7, 11) is 0. The fourth-order valence-electron chi connectivity index (χ4n) is 8.86. The van der Waals surface area contributed by atoms with Gasteiger partial charge in [0.2, 0.25) is 12.1 Å². The number of aliphatic hydroxyl groups excluding tert-OH is 2. The van der Waals surface area contributed by atoms with Gasteiger partial charge in [0.25, 0.3) is 5.69 Å². The molecule has 2 fully saturated rings. The zero-order chi connectivity index (χ0) is 38.9. The van der Waals surface area contributed by atoms with Crippen molar-refractivity contribution in [3.63, 3.8) is 0 Å². The lowest BCUT2D eigenvalue weighted by molar-refractivity contribution is -0.384. The van der Waals surface area contributed by atoms with Gasteiger partial charge in [-0.2, -0.15) is 0 Å². The molecule has 3 aromatic carbocycles. The number of hydrogen-bond acceptors (Lipinski definition) is 11. The van der Waals surface area contributed by atoms with Gasteiger partial charge in [0.05, 0.1) is 41.1 Å². The van der Waals surface area contributed by atoms with Crippen LogP contribution in [0.5, 0.6) is 17.2 Å². The van der Waals surface area contributed by atoms with Gasteiger partial charge < -0.3 is 34.0 Å². The maximum Gasteiger partial charge on any atom is 0.273 e. The van der Waals surface area contributed by atoms with Crippen molar-refractivity contribution in [1.82, 2.24) is 0 Å². The van der Waals surface area contributed by atoms with Crippen LogP contribution in [-0.2, 0) is 14.3 Å². The summed E-state index contributed by atoms with van der Waals surface area (Å²) in [5.41, 5.74) is 2.78. The molecule has 0 bridgehead atoms. The first-order valence-electron chi connectivity index (χ1n) is 19.9. The fraction of sp³-hybridized carbons (Fsp3) is 0.477. The molecule has 298 valence electrons. The molecule has 56 heavy (non-hydrogen) atoms. The van der Waals surface area contributed by atoms with E-state index < -0.39 is 17.0 Å². The summed E-state index contributed by atoms with van der Waals surface area (Å²) >= 11 is 1.71. The second-order valence-electron chi connectivity index (χ2n) is 14.9. The van der Waals surface area contributed by atoms with Crippen molar-refractivity contribution in [1.29, 1.82) is 0 Å². The van der Waals surface area contributed by atoms with Gasteiger partial charge in [-0.25, -0.2) is 0 Å². The Morgan fingerprint density at radius 3 is 2.54 bits per heavy atom. The second-order valence-corrected chi connectivity index (χ2v) is 16.2. The van der Waals surface area contributed by atoms with E-state index in [0.29, 0.717) is 43.1 Å². The lowest BCUT2D eigenvalue weighted by atomic mass is 9.56. The Hall–Kier alpha value is -4.20. The van der Waals surface area contributed by atoms with E-state index in [1.54, 1.807) is 30.0 Å². The van der Waals surface area contributed by atoms with Crippen LogP contribution in [-0.4, -0.2) is 64.6 Å². The maximum atomic E-state index is 11.6. The molecule has 0 radical (unpaired) electrons. The van der Waals surface area contributed by atoms with Crippen LogP contribution in [0.15, 0.2) is 107 Å². The SMILES string of the molecule is C=CCOC12Oc3ccc(Oc4cccc([N+](=O)[O-])c4)cc3C3C(CCCCO)C(CCCCO)C=C(C(=NOC4CCCCO4)CC1Sc1ccccc1)C32. The molecular formula is C44H52N2O9S. The Labute approximate surface area is 332 Å². The summed E-state index contributed by atoms with van der Waals surface area (Å²) < 4.78 is 26.6. The summed E-state index contributed by atoms with van der Waals surface area (Å²) in [5.74, 6) is 0.231. The number of non-ortho nitro benzene ring substituents is 1. The first-order valence-corrected chi connectivity index (χ1v) is 20.8. The first-order chi connectivity index (χ1) is 27.4. The van der Waals surface area contributed by atoms with Crippen molar-refractivity contribution in [2.75, 3.05) is 26.4 Å². The molecule has 3 aromatic rings. The van der Waals surface area contributed by atoms with E-state index in [2.05, 4.69) is 24.8 Å². The highest BCUT2D eigenvalue weighted by Gasteiger charge is 2.64. The van der Waals surface area contributed by atoms with E-state index in [-0.39, 0.29) is 54.4 Å². The molecule has 7 atom stereocenters. The molecule has 0 spiro atoms. The Kier molecular flexibility index (Phi) is 13.5. The molecule has 2 N–H and O–H groups in total. The Balaban J connectivity index is 1.40. The summed E-state index contributed by atoms with van der Waals surface area (Å²) in [6, 6.07) is 22.2. The highest BCUT2D eigenvalue weighted by Crippen LogP contribution is 2.63. The molecule has 1 saturated carbocycles. The predicted octanol–water partition coefficient (Wildman–Crippen LogP) is 9.34. The number of thioether (sulfide) groups is 1. The van der Waals surface area contributed by atoms with Crippen LogP contribution in [0.25, 0.3) is 0 Å². The zero-order valence-corrected chi connectivity index (χ0v) is 32.5. The molecule has 1 saturated heterocycles. The number of nitro groups is 1. The highest BCUT2D eigenvalue weighted by molar-refractivity contribution is 8.00. The first kappa shape index (κ1) is 40.0. The molecule has 2 aliphatic heterocycles. The number of nitrogens with zero attached hydrogens (tertiary/aromatic N) is 2. The minimum Gasteiger partial charge on any atom is -0.460 e. The standard InChI is InChI=1S/C44H52N2O9S/c1-2-24-52-44-40(56-34-16-4-3-5-17-34)29-38(45-55-41-19-8-11-25-51-41)36-26-30(13-6-9-22-47)35(18-7-10-23-48)42(43(36)44)37-28-33(20-21-39(37)54-44)53-32-15-12-14-31(27-32)46(49)50/h2-5,12,14-17,20-21,26-28,30,35,40-43,47-48H,1,6-11,13,18-19,22-25,29H2. The predicted molar refractivity (Wildman–Crippen MR) is 215 cm³/mol. The number of hydrogen-bond donors (Lipinski definition) is 2. The lowest BCUT2D eigenvalue weighted by Crippen LogP contribution is -2.64. The van der Waals surface area contributed by atoms with Crippen LogP contribution in [0.1, 0.15) is 75.7 Å². The molecule has 2 heterocycles. The Bertz CT molecular complexity index is 1870. The number of rotatable bonds is 18. The van der Waals surface area contributed by atoms with Gasteiger partial charge in [-0.1, -0.05) is 54.4 Å². The zero-order valence-electron chi connectivity index (χ0n) is 31.7. The van der Waals surface area contributed by atoms with Crippen molar-refractivity contribution in [2.24, 2.45) is 22.9 Å². The van der Waals surface area contributed by atoms with Crippen molar-refractivity contribution in [3.05, 3.63) is 113 Å². The van der Waals surface area contributed by atoms with Crippen molar-refractivity contribution in [2.45, 2.75) is 92.3 Å². The number of fused-ring (bicyclic) bond motifs is 2. The fourth-order valence-corrected chi connectivity index (χ4v) is 10.2. The van der Waals surface area contributed by atoms with E-state index in [9.17, 15) is 20.3 Å². The minimum absolute atomic E-state index is 0.0542. The van der Waals surface area contributed by atoms with Gasteiger partial charge in [-0.15, -0.1) is 18.3 Å². The van der Waals surface area contributed by atoms with E-state index in [0.717, 1.165) is 66.7 Å². The molecule has 2 aliphatic carbocycles. The maximum absolute atomic E-state index is 11.6. The van der Waals surface area contributed by atoms with Crippen LogP contribution < -0.4 is 9.47 Å². The smallest absolute Gasteiger partial charge is 0.273 e. The number of ether oxygens (including phenoxy) is 4. The third kappa shape index (κ3) is 8.84. The van der Waals surface area contributed by atoms with Gasteiger partial charge >= 0.3 is 0 Å². The molecule has 12 heteroatoms. The van der Waals surface area contributed by atoms with Crippen LogP contribution in [0, 0.1) is 27.9 Å². The number of oxime groups is 1. The quantitative estimate of drug-likeness (QED) is 0.0555. The van der Waals surface area contributed by atoms with E-state index >= 15 is 0 Å². The molecule has 7 rings (SSSR count). The third-order valence-corrected chi connectivity index (χ3v) is 12.6. The average molecular weight is 785 g/mol. The largest absolute Gasteiger partial charge is 0.460 e. The van der Waals surface area contributed by atoms with E-state index in [4.69, 9.17) is 28.9 Å². The Morgan fingerprint density at radius 1 is 0.982 bits per heavy atom. The highest BCUT2D eigenvalue weighted by atomic mass is 32.2. The van der Waals surface area contributed by atoms with E-state index in [1.807, 2.05) is 36.4 Å². The molecule has 0 aromatic heterocycles. The number of benzene rings is 3. The summed E-state index contributed by atoms with van der Waals surface area (Å²) in [4.78, 5) is 18.4. The van der Waals surface area contributed by atoms with Crippen LogP contribution >= 0.6 is 11.8 Å². The number of unbranched alkanes of at least 4 members (excludes halogenated alkanes) is 2. The van der Waals surface area contributed by atoms with Gasteiger partial charge in [0, 0.05) is 48.5 Å². The molecule has 0 amide bonds. The molecule has 11 nitrogen and oxygen atoms in total. The van der Waals surface area contributed by atoms with Crippen LogP contribution in [0.4, 0.5) is 5.69 Å². The summed E-state index contributed by atoms with van der Waals surface area (Å²) in [5, 5.41) is 36.0. The average Bonchev–Trinajstić information content (AvgIpc) is 3.22. The normalized spacial score (nSPS) is 27.3. The van der Waals surface area contributed by atoms with Crippen molar-refractivity contribution >= 4 is 23.2 Å². The van der Waals surface area contributed by atoms with Crippen molar-refractivity contribution in [3.8, 4) is 17.2 Å². The third-order valence-electron chi connectivity index (χ3n) is 11.3. The molecule has 7 unspecified atom stereocenters. The lowest BCUT2D eigenvalue weighted by Gasteiger charge is -2.58. The second kappa shape index (κ2) is 18.8. The van der Waals surface area contributed by atoms with Gasteiger partial charge in [-0.05, 0) is 92.3 Å². The molecular weight excluding hydrogens is 733 g/mol.